The molecule has 0 aliphatic heterocycles. The van der Waals surface area contributed by atoms with Crippen LogP contribution in [0.2, 0.25) is 0 Å². The Morgan fingerprint density at radius 3 is 2.64 bits per heavy atom. The Kier molecular flexibility index (Phi) is 2.53. The third-order valence-corrected chi connectivity index (χ3v) is 2.02. The van der Waals surface area contributed by atoms with Crippen molar-refractivity contribution in [2.45, 2.75) is 6.92 Å². The van der Waals surface area contributed by atoms with E-state index >= 15 is 0 Å². The number of nitrogens with zero attached hydrogens (tertiary/aromatic N) is 1. The van der Waals surface area contributed by atoms with Gasteiger partial charge in [-0.1, -0.05) is 0 Å². The predicted octanol–water partition coefficient (Wildman–Crippen LogP) is 1.35. The maximum atomic E-state index is 11.1. The van der Waals surface area contributed by atoms with E-state index in [1.54, 1.807) is 13.2 Å². The molecule has 0 fully saturated rings. The van der Waals surface area contributed by atoms with E-state index in [9.17, 15) is 4.79 Å². The molecule has 1 aromatic heterocycles. The van der Waals surface area contributed by atoms with Crippen LogP contribution in [-0.2, 0) is 0 Å². The van der Waals surface area contributed by atoms with Crippen LogP contribution in [0.15, 0.2) is 12.4 Å². The Hall–Kier alpha value is -0.520. The molecule has 0 aliphatic rings. The highest BCUT2D eigenvalue weighted by molar-refractivity contribution is 14.1. The minimum absolute atomic E-state index is 0.0297. The molecular formula is C7H9IN2O. The first-order chi connectivity index (χ1) is 5.15. The molecule has 0 unspecified atom stereocenters. The van der Waals surface area contributed by atoms with E-state index in [4.69, 9.17) is 0 Å². The van der Waals surface area contributed by atoms with Crippen LogP contribution in [0, 0.1) is 6.92 Å². The smallest absolute Gasteiger partial charge is 0.252 e. The summed E-state index contributed by atoms with van der Waals surface area (Å²) in [4.78, 5) is 11.1. The molecule has 0 saturated heterocycles. The maximum absolute atomic E-state index is 11.1. The van der Waals surface area contributed by atoms with E-state index in [0.717, 1.165) is 11.1 Å². The summed E-state index contributed by atoms with van der Waals surface area (Å²) in [6.07, 6.45) is 3.71. The zero-order valence-electron chi connectivity index (χ0n) is 6.39. The molecule has 1 rings (SSSR count). The highest BCUT2D eigenvalue weighted by Gasteiger charge is 2.08. The van der Waals surface area contributed by atoms with E-state index in [-0.39, 0.29) is 5.91 Å². The Bertz CT molecular complexity index is 280. The average molecular weight is 264 g/mol. The van der Waals surface area contributed by atoms with Crippen LogP contribution >= 0.6 is 22.9 Å². The molecule has 60 valence electrons. The van der Waals surface area contributed by atoms with Crippen LogP contribution in [0.4, 0.5) is 0 Å². The van der Waals surface area contributed by atoms with Gasteiger partial charge in [0.1, 0.15) is 0 Å². The van der Waals surface area contributed by atoms with Crippen LogP contribution in [0.3, 0.4) is 0 Å². The topological polar surface area (TPSA) is 34.0 Å². The van der Waals surface area contributed by atoms with Crippen molar-refractivity contribution in [3.8, 4) is 0 Å². The lowest BCUT2D eigenvalue weighted by Crippen LogP contribution is -2.17. The van der Waals surface area contributed by atoms with E-state index in [1.807, 2.05) is 15.9 Å². The van der Waals surface area contributed by atoms with Crippen LogP contribution < -0.4 is 5.32 Å². The number of hydrogen-bond donors (Lipinski definition) is 1. The van der Waals surface area contributed by atoms with Crippen molar-refractivity contribution in [3.63, 3.8) is 0 Å². The molecule has 1 N–H and O–H groups in total. The summed E-state index contributed by atoms with van der Waals surface area (Å²) in [5.74, 6) is -0.0297. The van der Waals surface area contributed by atoms with Gasteiger partial charge in [0.15, 0.2) is 0 Å². The number of amides is 1. The molecule has 0 bridgehead atoms. The monoisotopic (exact) mass is 264 g/mol. The molecule has 1 heterocycles. The van der Waals surface area contributed by atoms with E-state index in [0.29, 0.717) is 0 Å². The molecule has 3 nitrogen and oxygen atoms in total. The zero-order chi connectivity index (χ0) is 8.43. The van der Waals surface area contributed by atoms with Crippen molar-refractivity contribution in [2.24, 2.45) is 0 Å². The fraction of sp³-hybridized carbons (Fsp3) is 0.286. The third kappa shape index (κ3) is 1.74. The van der Waals surface area contributed by atoms with Gasteiger partial charge in [0.05, 0.1) is 28.4 Å². The van der Waals surface area contributed by atoms with Gasteiger partial charge in [-0.05, 0) is 12.5 Å². The van der Waals surface area contributed by atoms with Crippen molar-refractivity contribution in [3.05, 3.63) is 23.5 Å². The average Bonchev–Trinajstić information content (AvgIpc) is 2.28. The van der Waals surface area contributed by atoms with Gasteiger partial charge in [-0.3, -0.25) is 7.58 Å². The minimum atomic E-state index is -0.0297. The van der Waals surface area contributed by atoms with Gasteiger partial charge >= 0.3 is 0 Å². The quantitative estimate of drug-likeness (QED) is 0.763. The SMILES string of the molecule is CNC(=O)c1cn(I)cc1C. The fourth-order valence-corrected chi connectivity index (χ4v) is 1.59. The summed E-state index contributed by atoms with van der Waals surface area (Å²) in [7, 11) is 1.63. The largest absolute Gasteiger partial charge is 0.355 e. The highest BCUT2D eigenvalue weighted by atomic mass is 127. The van der Waals surface area contributed by atoms with E-state index in [1.165, 1.54) is 0 Å². The molecule has 0 aliphatic carbocycles. The number of carbonyl (C=O) groups excluding carboxylic acids is 1. The molecule has 0 atom stereocenters. The molecule has 0 saturated carbocycles. The molecule has 0 aromatic carbocycles. The fourth-order valence-electron chi connectivity index (χ4n) is 0.889. The third-order valence-electron chi connectivity index (χ3n) is 1.47. The van der Waals surface area contributed by atoms with E-state index in [2.05, 4.69) is 28.2 Å². The normalized spacial score (nSPS) is 9.73. The second-order valence-electron chi connectivity index (χ2n) is 2.28. The minimum Gasteiger partial charge on any atom is -0.355 e. The highest BCUT2D eigenvalue weighted by Crippen LogP contribution is 2.10. The number of halogens is 1. The number of nitrogens with one attached hydrogen (secondary N) is 1. The first-order valence-corrected chi connectivity index (χ1v) is 4.18. The second kappa shape index (κ2) is 3.25. The van der Waals surface area contributed by atoms with Gasteiger partial charge in [0.2, 0.25) is 0 Å². The zero-order valence-corrected chi connectivity index (χ0v) is 8.55. The number of rotatable bonds is 1. The molecule has 1 amide bonds. The summed E-state index contributed by atoms with van der Waals surface area (Å²) < 4.78 is 1.84. The first-order valence-electron chi connectivity index (χ1n) is 3.22. The van der Waals surface area contributed by atoms with E-state index < -0.39 is 0 Å². The lowest BCUT2D eigenvalue weighted by molar-refractivity contribution is 0.0962. The van der Waals surface area contributed by atoms with Gasteiger partial charge in [-0.2, -0.15) is 0 Å². The van der Waals surface area contributed by atoms with Gasteiger partial charge in [-0.15, -0.1) is 0 Å². The van der Waals surface area contributed by atoms with Gasteiger partial charge in [0.25, 0.3) is 5.91 Å². The van der Waals surface area contributed by atoms with Crippen LogP contribution in [-0.4, -0.2) is 15.7 Å². The Balaban J connectivity index is 3.03. The number of hydrogen-bond acceptors (Lipinski definition) is 1. The van der Waals surface area contributed by atoms with Crippen LogP contribution in [0.1, 0.15) is 15.9 Å². The molecular weight excluding hydrogens is 255 g/mol. The van der Waals surface area contributed by atoms with Crippen molar-refractivity contribution in [2.75, 3.05) is 7.05 Å². The molecule has 4 heteroatoms. The summed E-state index contributed by atoms with van der Waals surface area (Å²) in [5.41, 5.74) is 1.74. The molecule has 1 aromatic rings. The summed E-state index contributed by atoms with van der Waals surface area (Å²) >= 11 is 2.11. The van der Waals surface area contributed by atoms with Crippen LogP contribution in [0.25, 0.3) is 0 Å². The second-order valence-corrected chi connectivity index (χ2v) is 3.39. The summed E-state index contributed by atoms with van der Waals surface area (Å²) in [6, 6.07) is 0. The van der Waals surface area contributed by atoms with Crippen molar-refractivity contribution in [1.82, 2.24) is 8.10 Å². The van der Waals surface area contributed by atoms with Gasteiger partial charge < -0.3 is 5.32 Å². The molecule has 11 heavy (non-hydrogen) atoms. The van der Waals surface area contributed by atoms with Crippen molar-refractivity contribution in [1.29, 1.82) is 0 Å². The van der Waals surface area contributed by atoms with Gasteiger partial charge in [-0.25, -0.2) is 0 Å². The summed E-state index contributed by atoms with van der Waals surface area (Å²) in [5, 5.41) is 2.58. The standard InChI is InChI=1S/C7H9IN2O/c1-5-3-10(8)4-6(5)7(11)9-2/h3-4H,1-2H3,(H,9,11). The number of aryl methyl sites for hydroxylation is 1. The number of carbonyl (C=O) groups is 1. The van der Waals surface area contributed by atoms with Crippen molar-refractivity contribution >= 4 is 28.8 Å². The lowest BCUT2D eigenvalue weighted by Gasteiger charge is -1.95. The van der Waals surface area contributed by atoms with Crippen molar-refractivity contribution < 1.29 is 4.79 Å². The molecule has 0 radical (unpaired) electrons. The predicted molar refractivity (Wildman–Crippen MR) is 52.0 cm³/mol. The Morgan fingerprint density at radius 2 is 2.27 bits per heavy atom. The number of aromatic nitrogens is 1. The lowest BCUT2D eigenvalue weighted by atomic mass is 10.2. The van der Waals surface area contributed by atoms with Crippen LogP contribution in [0.5, 0.6) is 0 Å². The maximum Gasteiger partial charge on any atom is 0.252 e. The first kappa shape index (κ1) is 8.58. The van der Waals surface area contributed by atoms with Gasteiger partial charge in [0, 0.05) is 19.4 Å². The Labute approximate surface area is 79.3 Å². The summed E-state index contributed by atoms with van der Waals surface area (Å²) in [6.45, 7) is 1.92. The molecule has 0 spiro atoms. The Morgan fingerprint density at radius 1 is 1.64 bits per heavy atom.